The number of carbonyl (C=O) groups excluding carboxylic acids is 2. The van der Waals surface area contributed by atoms with Crippen LogP contribution >= 0.6 is 0 Å². The molecule has 1 saturated heterocycles. The first-order valence-electron chi connectivity index (χ1n) is 6.10. The van der Waals surface area contributed by atoms with E-state index >= 15 is 0 Å². The van der Waals surface area contributed by atoms with Gasteiger partial charge in [0.1, 0.15) is 5.25 Å². The Morgan fingerprint density at radius 1 is 1.30 bits per heavy atom. The number of carbonyl (C=O) groups is 2. The molecule has 1 aromatic rings. The Labute approximate surface area is 116 Å². The molecule has 20 heavy (non-hydrogen) atoms. The molecule has 1 heterocycles. The van der Waals surface area contributed by atoms with Crippen LogP contribution in [0.5, 0.6) is 0 Å². The Hall–Kier alpha value is -1.73. The van der Waals surface area contributed by atoms with E-state index in [0.717, 1.165) is 0 Å². The highest BCUT2D eigenvalue weighted by molar-refractivity contribution is 7.92. The first kappa shape index (κ1) is 14.7. The number of hydrogen-bond acceptors (Lipinski definition) is 6. The van der Waals surface area contributed by atoms with Gasteiger partial charge in [-0.15, -0.1) is 0 Å². The van der Waals surface area contributed by atoms with Crippen molar-refractivity contribution < 1.29 is 27.5 Å². The number of benzene rings is 1. The van der Waals surface area contributed by atoms with Crippen LogP contribution in [0.15, 0.2) is 29.2 Å². The predicted octanol–water partition coefficient (Wildman–Crippen LogP) is 0.605. The third kappa shape index (κ3) is 2.59. The smallest absolute Gasteiger partial charge is 0.379 e. The fraction of sp³-hybridized carbons (Fsp3) is 0.385. The molecule has 0 N–H and O–H groups in total. The lowest BCUT2D eigenvalue weighted by atomic mass is 10.1. The molecule has 1 aromatic carbocycles. The zero-order chi connectivity index (χ0) is 14.8. The van der Waals surface area contributed by atoms with E-state index < -0.39 is 26.8 Å². The highest BCUT2D eigenvalue weighted by atomic mass is 32.2. The molecule has 0 aromatic heterocycles. The Morgan fingerprint density at radius 3 is 2.50 bits per heavy atom. The van der Waals surface area contributed by atoms with Crippen molar-refractivity contribution >= 4 is 21.6 Å². The lowest BCUT2D eigenvalue weighted by Gasteiger charge is -2.26. The molecular weight excluding hydrogens is 284 g/mol. The zero-order valence-electron chi connectivity index (χ0n) is 10.9. The van der Waals surface area contributed by atoms with Crippen molar-refractivity contribution in [3.63, 3.8) is 0 Å². The maximum Gasteiger partial charge on any atom is 0.379 e. The number of sulfone groups is 1. The van der Waals surface area contributed by atoms with Gasteiger partial charge in [-0.2, -0.15) is 0 Å². The summed E-state index contributed by atoms with van der Waals surface area (Å²) < 4.78 is 34.2. The van der Waals surface area contributed by atoms with Crippen molar-refractivity contribution in [2.75, 3.05) is 19.8 Å². The van der Waals surface area contributed by atoms with Crippen LogP contribution in [0.1, 0.15) is 17.3 Å². The molecule has 0 amide bonds. The lowest BCUT2D eigenvalue weighted by Crippen LogP contribution is -2.41. The van der Waals surface area contributed by atoms with Gasteiger partial charge < -0.3 is 9.47 Å². The minimum atomic E-state index is -3.68. The van der Waals surface area contributed by atoms with Crippen molar-refractivity contribution in [1.82, 2.24) is 0 Å². The van der Waals surface area contributed by atoms with E-state index in [0.29, 0.717) is 0 Å². The number of ether oxygens (including phenoxy) is 2. The standard InChI is InChI=1S/C13H14O6S/c1-2-19-13(15)12(14)10-5-3-4-6-11(10)20(16,17)9-7-18-8-9/h3-6,9H,2,7-8H2,1H3. The van der Waals surface area contributed by atoms with Crippen molar-refractivity contribution in [1.29, 1.82) is 0 Å². The highest BCUT2D eigenvalue weighted by Crippen LogP contribution is 2.25. The molecule has 108 valence electrons. The summed E-state index contributed by atoms with van der Waals surface area (Å²) in [7, 11) is -3.68. The SMILES string of the molecule is CCOC(=O)C(=O)c1ccccc1S(=O)(=O)C1COC1. The number of rotatable bonds is 5. The summed E-state index contributed by atoms with van der Waals surface area (Å²) >= 11 is 0. The Kier molecular flexibility index (Phi) is 4.20. The molecule has 0 saturated carbocycles. The number of hydrogen-bond donors (Lipinski definition) is 0. The molecule has 0 radical (unpaired) electrons. The summed E-state index contributed by atoms with van der Waals surface area (Å²) in [4.78, 5) is 23.3. The van der Waals surface area contributed by atoms with E-state index in [9.17, 15) is 18.0 Å². The molecule has 1 aliphatic rings. The van der Waals surface area contributed by atoms with E-state index in [4.69, 9.17) is 4.74 Å². The fourth-order valence-corrected chi connectivity index (χ4v) is 3.43. The third-order valence-corrected chi connectivity index (χ3v) is 5.06. The van der Waals surface area contributed by atoms with Crippen molar-refractivity contribution in [3.8, 4) is 0 Å². The number of esters is 1. The minimum Gasteiger partial charge on any atom is -0.460 e. The average molecular weight is 298 g/mol. The van der Waals surface area contributed by atoms with Gasteiger partial charge in [-0.25, -0.2) is 13.2 Å². The topological polar surface area (TPSA) is 86.7 Å². The fourth-order valence-electron chi connectivity index (χ4n) is 1.78. The second-order valence-electron chi connectivity index (χ2n) is 4.25. The highest BCUT2D eigenvalue weighted by Gasteiger charge is 2.37. The molecule has 1 aliphatic heterocycles. The van der Waals surface area contributed by atoms with Crippen molar-refractivity contribution in [2.45, 2.75) is 17.1 Å². The van der Waals surface area contributed by atoms with E-state index in [1.54, 1.807) is 6.92 Å². The monoisotopic (exact) mass is 298 g/mol. The maximum atomic E-state index is 12.3. The Bertz CT molecular complexity index is 630. The molecule has 1 fully saturated rings. The van der Waals surface area contributed by atoms with E-state index in [-0.39, 0.29) is 30.3 Å². The Balaban J connectivity index is 2.41. The van der Waals surface area contributed by atoms with Crippen LogP contribution in [0, 0.1) is 0 Å². The molecule has 2 rings (SSSR count). The first-order valence-corrected chi connectivity index (χ1v) is 7.65. The van der Waals surface area contributed by atoms with Gasteiger partial charge in [-0.1, -0.05) is 12.1 Å². The zero-order valence-corrected chi connectivity index (χ0v) is 11.7. The number of Topliss-reactive ketones (excluding diaryl/α,β-unsaturated/α-hetero) is 1. The second-order valence-corrected chi connectivity index (χ2v) is 6.45. The van der Waals surface area contributed by atoms with Gasteiger partial charge >= 0.3 is 5.97 Å². The normalized spacial score (nSPS) is 15.4. The van der Waals surface area contributed by atoms with Crippen LogP contribution in [0.25, 0.3) is 0 Å². The van der Waals surface area contributed by atoms with E-state index in [1.165, 1.54) is 24.3 Å². The molecule has 0 aliphatic carbocycles. The predicted molar refractivity (Wildman–Crippen MR) is 69.2 cm³/mol. The van der Waals surface area contributed by atoms with E-state index in [2.05, 4.69) is 4.74 Å². The largest absolute Gasteiger partial charge is 0.460 e. The maximum absolute atomic E-state index is 12.3. The van der Waals surface area contributed by atoms with Gasteiger partial charge in [0.05, 0.1) is 24.7 Å². The summed E-state index contributed by atoms with van der Waals surface area (Å²) in [6, 6.07) is 5.64. The second kappa shape index (κ2) is 5.72. The van der Waals surface area contributed by atoms with Gasteiger partial charge in [0, 0.05) is 5.56 Å². The molecule has 0 atom stereocenters. The van der Waals surface area contributed by atoms with Gasteiger partial charge in [0.25, 0.3) is 5.78 Å². The molecule has 0 unspecified atom stereocenters. The number of ketones is 1. The molecule has 0 spiro atoms. The minimum absolute atomic E-state index is 0.0515. The third-order valence-electron chi connectivity index (χ3n) is 2.95. The van der Waals surface area contributed by atoms with Gasteiger partial charge in [0.2, 0.25) is 0 Å². The summed E-state index contributed by atoms with van der Waals surface area (Å²) in [5.74, 6) is -2.01. The summed E-state index contributed by atoms with van der Waals surface area (Å²) in [6.07, 6.45) is 0. The molecule has 6 nitrogen and oxygen atoms in total. The first-order chi connectivity index (χ1) is 9.48. The van der Waals surface area contributed by atoms with Gasteiger partial charge in [-0.05, 0) is 19.1 Å². The van der Waals surface area contributed by atoms with Crippen molar-refractivity contribution in [2.24, 2.45) is 0 Å². The van der Waals surface area contributed by atoms with Crippen LogP contribution in [-0.2, 0) is 24.1 Å². The lowest BCUT2D eigenvalue weighted by molar-refractivity contribution is -0.137. The van der Waals surface area contributed by atoms with Crippen LogP contribution in [0.3, 0.4) is 0 Å². The molecule has 7 heteroatoms. The summed E-state index contributed by atoms with van der Waals surface area (Å²) in [6.45, 7) is 1.82. The van der Waals surface area contributed by atoms with Gasteiger partial charge in [-0.3, -0.25) is 4.79 Å². The van der Waals surface area contributed by atoms with Crippen LogP contribution < -0.4 is 0 Å². The van der Waals surface area contributed by atoms with Crippen molar-refractivity contribution in [3.05, 3.63) is 29.8 Å². The van der Waals surface area contributed by atoms with Crippen LogP contribution in [0.2, 0.25) is 0 Å². The average Bonchev–Trinajstić information content (AvgIpc) is 2.35. The van der Waals surface area contributed by atoms with Gasteiger partial charge in [0.15, 0.2) is 9.84 Å². The van der Waals surface area contributed by atoms with E-state index in [1.807, 2.05) is 0 Å². The van der Waals surface area contributed by atoms with Crippen LogP contribution in [0.4, 0.5) is 0 Å². The molecule has 0 bridgehead atoms. The summed E-state index contributed by atoms with van der Waals surface area (Å²) in [5.41, 5.74) is -0.155. The quantitative estimate of drug-likeness (QED) is 0.449. The molecular formula is C13H14O6S. The summed E-state index contributed by atoms with van der Waals surface area (Å²) in [5, 5.41) is -0.668. The van der Waals surface area contributed by atoms with Crippen LogP contribution in [-0.4, -0.2) is 45.2 Å². The Morgan fingerprint density at radius 2 is 1.95 bits per heavy atom.